The molecule has 0 fully saturated rings. The van der Waals surface area contributed by atoms with E-state index in [2.05, 4.69) is 19.7 Å². The summed E-state index contributed by atoms with van der Waals surface area (Å²) in [4.78, 5) is -0.629. The fourth-order valence-corrected chi connectivity index (χ4v) is 5.34. The number of rotatable bonds is 10. The molecule has 0 bridgehead atoms. The van der Waals surface area contributed by atoms with Gasteiger partial charge in [-0.15, -0.1) is 23.4 Å². The molecule has 3 aromatic rings. The Bertz CT molecular complexity index is 1230. The Hall–Kier alpha value is -2.28. The third kappa shape index (κ3) is 7.11. The zero-order chi connectivity index (χ0) is 24.9. The largest absolute Gasteiger partial charge is 0.573 e. The Morgan fingerprint density at radius 3 is 2.47 bits per heavy atom. The first-order valence-electron chi connectivity index (χ1n) is 10.1. The van der Waals surface area contributed by atoms with E-state index in [-0.39, 0.29) is 12.5 Å². The molecular weight excluding hydrogens is 513 g/mol. The average molecular weight is 535 g/mol. The highest BCUT2D eigenvalue weighted by Gasteiger charge is 2.34. The maximum absolute atomic E-state index is 12.8. The van der Waals surface area contributed by atoms with E-state index in [0.717, 1.165) is 17.7 Å². The molecule has 0 aliphatic heterocycles. The third-order valence-electron chi connectivity index (χ3n) is 4.44. The van der Waals surface area contributed by atoms with Crippen molar-refractivity contribution in [3.05, 3.63) is 64.9 Å². The number of hydrogen-bond acceptors (Lipinski definition) is 6. The first kappa shape index (κ1) is 26.3. The lowest BCUT2D eigenvalue weighted by Crippen LogP contribution is -2.27. The van der Waals surface area contributed by atoms with Gasteiger partial charge in [-0.3, -0.25) is 0 Å². The van der Waals surface area contributed by atoms with Crippen molar-refractivity contribution in [3.63, 3.8) is 0 Å². The van der Waals surface area contributed by atoms with E-state index in [0.29, 0.717) is 28.3 Å². The predicted molar refractivity (Wildman–Crippen MR) is 123 cm³/mol. The quantitative estimate of drug-likeness (QED) is 0.357. The van der Waals surface area contributed by atoms with Crippen LogP contribution in [-0.4, -0.2) is 29.5 Å². The van der Waals surface area contributed by atoms with E-state index in [1.165, 1.54) is 23.9 Å². The molecule has 7 nitrogen and oxygen atoms in total. The van der Waals surface area contributed by atoms with Gasteiger partial charge in [0.15, 0.2) is 5.16 Å². The summed E-state index contributed by atoms with van der Waals surface area (Å²) in [5.74, 6) is 0.242. The Labute approximate surface area is 204 Å². The number of sulfonamides is 1. The molecule has 0 aliphatic rings. The molecule has 0 amide bonds. The SMILES string of the molecule is CC(C)Cn1c(CNS(=O)(=O)c2ccccc2OC(F)(F)F)nnc1SCc1ccccc1Cl. The maximum Gasteiger partial charge on any atom is 0.573 e. The summed E-state index contributed by atoms with van der Waals surface area (Å²) in [5, 5.41) is 9.48. The first-order chi connectivity index (χ1) is 16.0. The monoisotopic (exact) mass is 534 g/mol. The van der Waals surface area contributed by atoms with E-state index in [1.807, 2.05) is 32.0 Å². The van der Waals surface area contributed by atoms with E-state index in [4.69, 9.17) is 11.6 Å². The van der Waals surface area contributed by atoms with Crippen molar-refractivity contribution in [3.8, 4) is 5.75 Å². The van der Waals surface area contributed by atoms with Gasteiger partial charge in [0.1, 0.15) is 16.5 Å². The molecule has 1 aromatic heterocycles. The molecule has 184 valence electrons. The van der Waals surface area contributed by atoms with Gasteiger partial charge in [0.05, 0.1) is 6.54 Å². The Kier molecular flexibility index (Phi) is 8.50. The Morgan fingerprint density at radius 2 is 1.79 bits per heavy atom. The molecule has 0 saturated heterocycles. The van der Waals surface area contributed by atoms with Crippen LogP contribution in [0.3, 0.4) is 0 Å². The molecule has 0 unspecified atom stereocenters. The molecule has 0 aliphatic carbocycles. The maximum atomic E-state index is 12.8. The van der Waals surface area contributed by atoms with Crippen LogP contribution in [-0.2, 0) is 28.9 Å². The number of nitrogens with zero attached hydrogens (tertiary/aromatic N) is 3. The number of para-hydroxylation sites is 1. The summed E-state index contributed by atoms with van der Waals surface area (Å²) in [6.07, 6.45) is -5.03. The zero-order valence-corrected chi connectivity index (χ0v) is 20.6. The van der Waals surface area contributed by atoms with Crippen LogP contribution in [0.25, 0.3) is 0 Å². The van der Waals surface area contributed by atoms with Crippen LogP contribution >= 0.6 is 23.4 Å². The molecule has 3 rings (SSSR count). The summed E-state index contributed by atoms with van der Waals surface area (Å²) in [6, 6.07) is 11.9. The van der Waals surface area contributed by atoms with Crippen LogP contribution in [0.15, 0.2) is 58.6 Å². The van der Waals surface area contributed by atoms with Crippen LogP contribution < -0.4 is 9.46 Å². The normalized spacial score (nSPS) is 12.3. The minimum absolute atomic E-state index is 0.201. The second-order valence-corrected chi connectivity index (χ2v) is 10.7. The summed E-state index contributed by atoms with van der Waals surface area (Å²) in [5.41, 5.74) is 0.914. The Balaban J connectivity index is 1.80. The fraction of sp³-hybridized carbons (Fsp3) is 0.333. The van der Waals surface area contributed by atoms with Gasteiger partial charge in [0.2, 0.25) is 10.0 Å². The molecular formula is C21H22ClF3N4O3S2. The van der Waals surface area contributed by atoms with Crippen molar-refractivity contribution in [2.45, 2.75) is 49.1 Å². The molecule has 1 N–H and O–H groups in total. The number of aromatic nitrogens is 3. The highest BCUT2D eigenvalue weighted by Crippen LogP contribution is 2.30. The Morgan fingerprint density at radius 1 is 1.12 bits per heavy atom. The highest BCUT2D eigenvalue weighted by atomic mass is 35.5. The van der Waals surface area contributed by atoms with Gasteiger partial charge in [-0.05, 0) is 29.7 Å². The molecule has 1 heterocycles. The van der Waals surface area contributed by atoms with Crippen LogP contribution in [0, 0.1) is 5.92 Å². The van der Waals surface area contributed by atoms with Crippen molar-refractivity contribution < 1.29 is 26.3 Å². The van der Waals surface area contributed by atoms with Crippen LogP contribution in [0.1, 0.15) is 25.2 Å². The summed E-state index contributed by atoms with van der Waals surface area (Å²) in [7, 11) is -4.34. The first-order valence-corrected chi connectivity index (χ1v) is 12.9. The van der Waals surface area contributed by atoms with E-state index < -0.39 is 27.0 Å². The fourth-order valence-electron chi connectivity index (χ4n) is 2.98. The molecule has 0 atom stereocenters. The van der Waals surface area contributed by atoms with Gasteiger partial charge in [0.25, 0.3) is 0 Å². The summed E-state index contributed by atoms with van der Waals surface area (Å²) >= 11 is 7.62. The lowest BCUT2D eigenvalue weighted by molar-refractivity contribution is -0.275. The number of hydrogen-bond donors (Lipinski definition) is 1. The summed E-state index contributed by atoms with van der Waals surface area (Å²) < 4.78 is 71.5. The van der Waals surface area contributed by atoms with E-state index in [9.17, 15) is 21.6 Å². The van der Waals surface area contributed by atoms with Crippen molar-refractivity contribution in [2.75, 3.05) is 0 Å². The topological polar surface area (TPSA) is 86.1 Å². The summed E-state index contributed by atoms with van der Waals surface area (Å²) in [6.45, 7) is 4.22. The lowest BCUT2D eigenvalue weighted by Gasteiger charge is -2.15. The van der Waals surface area contributed by atoms with Crippen molar-refractivity contribution in [1.82, 2.24) is 19.5 Å². The van der Waals surface area contributed by atoms with Gasteiger partial charge in [-0.2, -0.15) is 0 Å². The second kappa shape index (κ2) is 11.0. The number of ether oxygens (including phenoxy) is 1. The number of benzene rings is 2. The predicted octanol–water partition coefficient (Wildman–Crippen LogP) is 5.26. The minimum Gasteiger partial charge on any atom is -0.404 e. The molecule has 2 aromatic carbocycles. The van der Waals surface area contributed by atoms with Gasteiger partial charge < -0.3 is 9.30 Å². The third-order valence-corrected chi connectivity index (χ3v) is 7.27. The number of thioether (sulfide) groups is 1. The number of halogens is 4. The smallest absolute Gasteiger partial charge is 0.404 e. The molecule has 34 heavy (non-hydrogen) atoms. The van der Waals surface area contributed by atoms with Crippen molar-refractivity contribution in [2.24, 2.45) is 5.92 Å². The van der Waals surface area contributed by atoms with Gasteiger partial charge >= 0.3 is 6.36 Å². The highest BCUT2D eigenvalue weighted by molar-refractivity contribution is 7.98. The van der Waals surface area contributed by atoms with E-state index >= 15 is 0 Å². The van der Waals surface area contributed by atoms with Crippen molar-refractivity contribution >= 4 is 33.4 Å². The van der Waals surface area contributed by atoms with E-state index in [1.54, 1.807) is 10.6 Å². The standard InChI is InChI=1S/C21H22ClF3N4O3S2/c1-14(2)12-29-19(27-28-20(29)33-13-15-7-3-4-8-16(15)22)11-26-34(30,31)18-10-6-5-9-17(18)32-21(23,24)25/h3-10,14,26H,11-13H2,1-2H3. The minimum atomic E-state index is -5.03. The lowest BCUT2D eigenvalue weighted by atomic mass is 10.2. The molecule has 13 heteroatoms. The van der Waals surface area contributed by atoms with Gasteiger partial charge in [0, 0.05) is 17.3 Å². The van der Waals surface area contributed by atoms with Crippen LogP contribution in [0.2, 0.25) is 5.02 Å². The number of nitrogens with one attached hydrogen (secondary N) is 1. The van der Waals surface area contributed by atoms with Crippen LogP contribution in [0.4, 0.5) is 13.2 Å². The van der Waals surface area contributed by atoms with Crippen molar-refractivity contribution in [1.29, 1.82) is 0 Å². The van der Waals surface area contributed by atoms with Gasteiger partial charge in [-0.1, -0.05) is 67.5 Å². The molecule has 0 spiro atoms. The molecule has 0 saturated carbocycles. The number of alkyl halides is 3. The van der Waals surface area contributed by atoms with Crippen LogP contribution in [0.5, 0.6) is 5.75 Å². The zero-order valence-electron chi connectivity index (χ0n) is 18.2. The molecule has 0 radical (unpaired) electrons. The second-order valence-electron chi connectivity index (χ2n) is 7.60. The average Bonchev–Trinajstić information content (AvgIpc) is 3.12. The van der Waals surface area contributed by atoms with Gasteiger partial charge in [-0.25, -0.2) is 13.1 Å².